The summed E-state index contributed by atoms with van der Waals surface area (Å²) >= 11 is 0. The van der Waals surface area contributed by atoms with Crippen molar-refractivity contribution in [3.05, 3.63) is 82.9 Å². The fraction of sp³-hybridized carbons (Fsp3) is 0.333. The predicted molar refractivity (Wildman–Crippen MR) is 121 cm³/mol. The molecule has 2 aliphatic rings. The van der Waals surface area contributed by atoms with Crippen molar-refractivity contribution in [2.75, 3.05) is 13.1 Å². The highest BCUT2D eigenvalue weighted by molar-refractivity contribution is 6.01. The lowest BCUT2D eigenvalue weighted by Gasteiger charge is -2.46. The van der Waals surface area contributed by atoms with E-state index in [0.717, 1.165) is 25.1 Å². The van der Waals surface area contributed by atoms with Crippen molar-refractivity contribution in [2.24, 2.45) is 17.3 Å². The van der Waals surface area contributed by atoms with Crippen LogP contribution >= 0.6 is 0 Å². The van der Waals surface area contributed by atoms with E-state index in [4.69, 9.17) is 5.41 Å². The average Bonchev–Trinajstić information content (AvgIpc) is 2.84. The van der Waals surface area contributed by atoms with Gasteiger partial charge in [0.25, 0.3) is 0 Å². The summed E-state index contributed by atoms with van der Waals surface area (Å²) in [6, 6.07) is 25.1. The summed E-state index contributed by atoms with van der Waals surface area (Å²) < 4.78 is 0. The Kier molecular flexibility index (Phi) is 5.91. The maximum Gasteiger partial charge on any atom is 0.203 e. The van der Waals surface area contributed by atoms with Gasteiger partial charge in [-0.1, -0.05) is 61.5 Å². The topological polar surface area (TPSA) is 99.7 Å². The molecular formula is C27H26N5+. The molecule has 0 amide bonds. The maximum atomic E-state index is 10.1. The Balaban J connectivity index is 1.79. The Hall–Kier alpha value is -3.72. The summed E-state index contributed by atoms with van der Waals surface area (Å²) in [4.78, 5) is 1.33. The van der Waals surface area contributed by atoms with E-state index in [-0.39, 0.29) is 17.5 Å². The van der Waals surface area contributed by atoms with E-state index in [1.54, 1.807) is 0 Å². The van der Waals surface area contributed by atoms with E-state index in [0.29, 0.717) is 12.1 Å². The van der Waals surface area contributed by atoms with Gasteiger partial charge in [0.05, 0.1) is 42.9 Å². The van der Waals surface area contributed by atoms with Gasteiger partial charge in [0.15, 0.2) is 0 Å². The smallest absolute Gasteiger partial charge is 0.203 e. The first-order chi connectivity index (χ1) is 15.6. The number of nitrogens with zero attached hydrogens (tertiary/aromatic N) is 3. The Morgan fingerprint density at radius 1 is 1.00 bits per heavy atom. The van der Waals surface area contributed by atoms with Crippen molar-refractivity contribution in [2.45, 2.75) is 25.8 Å². The highest BCUT2D eigenvalue weighted by atomic mass is 15.1. The molecule has 2 aromatic carbocycles. The molecule has 158 valence electrons. The lowest BCUT2D eigenvalue weighted by atomic mass is 9.55. The first kappa shape index (κ1) is 21.5. The van der Waals surface area contributed by atoms with Crippen LogP contribution in [0.15, 0.2) is 66.2 Å². The molecule has 1 aliphatic heterocycles. The SMILES string of the molecule is CCc1ccc([C@@H]2C(C#N)C(=N)C(C#N)(C#N)C3=CC[NH+](Cc4ccccc4)C[C@@H]32)cc1. The first-order valence-electron chi connectivity index (χ1n) is 11.1. The number of nitrogens with one attached hydrogen (secondary N) is 2. The fourth-order valence-electron chi connectivity index (χ4n) is 5.31. The van der Waals surface area contributed by atoms with E-state index >= 15 is 0 Å². The molecule has 2 N–H and O–H groups in total. The zero-order valence-electron chi connectivity index (χ0n) is 18.2. The van der Waals surface area contributed by atoms with Crippen LogP contribution in [0.5, 0.6) is 0 Å². The van der Waals surface area contributed by atoms with Gasteiger partial charge in [-0.2, -0.15) is 15.8 Å². The fourth-order valence-corrected chi connectivity index (χ4v) is 5.31. The van der Waals surface area contributed by atoms with E-state index in [1.807, 2.05) is 24.3 Å². The van der Waals surface area contributed by atoms with Crippen LogP contribution in [0.4, 0.5) is 0 Å². The van der Waals surface area contributed by atoms with Gasteiger partial charge in [-0.3, -0.25) is 0 Å². The Bertz CT molecular complexity index is 1140. The van der Waals surface area contributed by atoms with E-state index in [1.165, 1.54) is 16.0 Å². The van der Waals surface area contributed by atoms with E-state index in [9.17, 15) is 15.8 Å². The summed E-state index contributed by atoms with van der Waals surface area (Å²) in [6.45, 7) is 4.35. The van der Waals surface area contributed by atoms with Crippen LogP contribution in [0.1, 0.15) is 29.5 Å². The molecule has 1 aliphatic carbocycles. The summed E-state index contributed by atoms with van der Waals surface area (Å²) in [5.74, 6) is -1.20. The van der Waals surface area contributed by atoms with Crippen LogP contribution in [-0.4, -0.2) is 18.8 Å². The average molecular weight is 421 g/mol. The van der Waals surface area contributed by atoms with Crippen LogP contribution in [0.3, 0.4) is 0 Å². The zero-order valence-corrected chi connectivity index (χ0v) is 18.2. The summed E-state index contributed by atoms with van der Waals surface area (Å²) in [6.07, 6.45) is 2.92. The molecule has 1 saturated carbocycles. The number of hydrogen-bond acceptors (Lipinski definition) is 4. The van der Waals surface area contributed by atoms with Gasteiger partial charge in [0.1, 0.15) is 6.54 Å². The molecule has 32 heavy (non-hydrogen) atoms. The lowest BCUT2D eigenvalue weighted by molar-refractivity contribution is -0.913. The molecule has 4 rings (SSSR count). The molecule has 5 heteroatoms. The zero-order chi connectivity index (χ0) is 22.7. The Morgan fingerprint density at radius 3 is 2.28 bits per heavy atom. The molecule has 0 bridgehead atoms. The maximum absolute atomic E-state index is 10.1. The Morgan fingerprint density at radius 2 is 1.69 bits per heavy atom. The molecule has 2 aromatic rings. The number of benzene rings is 2. The number of aryl methyl sites for hydroxylation is 1. The van der Waals surface area contributed by atoms with Crippen molar-refractivity contribution in [1.29, 1.82) is 21.2 Å². The summed E-state index contributed by atoms with van der Waals surface area (Å²) in [5.41, 5.74) is 2.43. The van der Waals surface area contributed by atoms with Gasteiger partial charge in [-0.05, 0) is 29.2 Å². The van der Waals surface area contributed by atoms with E-state index in [2.05, 4.69) is 61.5 Å². The number of fused-ring (bicyclic) bond motifs is 1. The van der Waals surface area contributed by atoms with Gasteiger partial charge in [-0.15, -0.1) is 0 Å². The lowest BCUT2D eigenvalue weighted by Crippen LogP contribution is -3.12. The second-order valence-corrected chi connectivity index (χ2v) is 8.70. The second kappa shape index (κ2) is 8.80. The van der Waals surface area contributed by atoms with Gasteiger partial charge < -0.3 is 10.3 Å². The first-order valence-corrected chi connectivity index (χ1v) is 11.1. The van der Waals surface area contributed by atoms with Gasteiger partial charge >= 0.3 is 0 Å². The third-order valence-corrected chi connectivity index (χ3v) is 7.00. The molecule has 0 saturated heterocycles. The summed E-state index contributed by atoms with van der Waals surface area (Å²) in [7, 11) is 0. The van der Waals surface area contributed by atoms with Crippen molar-refractivity contribution in [1.82, 2.24) is 0 Å². The quantitative estimate of drug-likeness (QED) is 0.743. The Labute approximate surface area is 189 Å². The van der Waals surface area contributed by atoms with Crippen LogP contribution in [0.25, 0.3) is 0 Å². The molecule has 0 radical (unpaired) electrons. The number of quaternary nitrogens is 1. The normalized spacial score (nSPS) is 26.1. The molecule has 5 nitrogen and oxygen atoms in total. The third-order valence-electron chi connectivity index (χ3n) is 7.00. The largest absolute Gasteiger partial charge is 0.327 e. The van der Waals surface area contributed by atoms with Crippen LogP contribution in [0, 0.1) is 56.7 Å². The molecule has 4 atom stereocenters. The molecule has 0 spiro atoms. The van der Waals surface area contributed by atoms with Crippen LogP contribution in [0.2, 0.25) is 0 Å². The minimum atomic E-state index is -1.65. The molecule has 1 fully saturated rings. The highest BCUT2D eigenvalue weighted by Crippen LogP contribution is 2.51. The summed E-state index contributed by atoms with van der Waals surface area (Å²) in [5, 5.41) is 38.9. The van der Waals surface area contributed by atoms with Gasteiger partial charge in [0.2, 0.25) is 5.41 Å². The monoisotopic (exact) mass is 420 g/mol. The molecular weight excluding hydrogens is 394 g/mol. The molecule has 0 aromatic heterocycles. The number of nitriles is 3. The van der Waals surface area contributed by atoms with Gasteiger partial charge in [-0.25, -0.2) is 0 Å². The molecule has 2 unspecified atom stereocenters. The number of hydrogen-bond donors (Lipinski definition) is 2. The van der Waals surface area contributed by atoms with Gasteiger partial charge in [0, 0.05) is 17.4 Å². The predicted octanol–water partition coefficient (Wildman–Crippen LogP) is 3.18. The van der Waals surface area contributed by atoms with Crippen LogP contribution < -0.4 is 4.90 Å². The minimum absolute atomic E-state index is 0.0800. The third kappa shape index (κ3) is 3.50. The molecule has 1 heterocycles. The standard InChI is InChI=1S/C27H25N5/c1-2-19-8-10-21(11-9-19)25-22(14-28)26(31)27(17-29,18-30)24-12-13-32(16-23(24)25)15-20-6-4-3-5-7-20/h3-12,22-23,25,31H,2,13,15-16H2,1H3/p+1/t22?,23-,25+/m0/s1. The second-order valence-electron chi connectivity index (χ2n) is 8.70. The van der Waals surface area contributed by atoms with Crippen molar-refractivity contribution < 1.29 is 4.90 Å². The number of rotatable bonds is 4. The van der Waals surface area contributed by atoms with Crippen molar-refractivity contribution >= 4 is 5.71 Å². The van der Waals surface area contributed by atoms with Crippen molar-refractivity contribution in [3.63, 3.8) is 0 Å². The van der Waals surface area contributed by atoms with Crippen molar-refractivity contribution in [3.8, 4) is 18.2 Å². The van der Waals surface area contributed by atoms with E-state index < -0.39 is 11.3 Å². The van der Waals surface area contributed by atoms with Crippen LogP contribution in [-0.2, 0) is 13.0 Å². The minimum Gasteiger partial charge on any atom is -0.327 e. The highest BCUT2D eigenvalue weighted by Gasteiger charge is 2.57.